The predicted octanol–water partition coefficient (Wildman–Crippen LogP) is 0.945. The van der Waals surface area contributed by atoms with Crippen LogP contribution in [0.2, 0.25) is 0 Å². The molecule has 0 spiro atoms. The summed E-state index contributed by atoms with van der Waals surface area (Å²) in [5, 5.41) is 18.4. The van der Waals surface area contributed by atoms with E-state index in [1.807, 2.05) is 30.3 Å². The molecule has 15 heavy (non-hydrogen) atoms. The molecule has 1 aromatic rings. The zero-order valence-electron chi connectivity index (χ0n) is 8.54. The number of ether oxygens (including phenoxy) is 1. The van der Waals surface area contributed by atoms with Crippen molar-refractivity contribution in [3.63, 3.8) is 0 Å². The first-order valence-corrected chi connectivity index (χ1v) is 5.25. The highest BCUT2D eigenvalue weighted by Gasteiger charge is 2.38. The van der Waals surface area contributed by atoms with Crippen molar-refractivity contribution >= 4 is 0 Å². The van der Waals surface area contributed by atoms with E-state index in [2.05, 4.69) is 0 Å². The Morgan fingerprint density at radius 3 is 2.53 bits per heavy atom. The fourth-order valence-corrected chi connectivity index (χ4v) is 1.78. The maximum Gasteiger partial charge on any atom is 0.0850 e. The van der Waals surface area contributed by atoms with Crippen LogP contribution in [0.25, 0.3) is 0 Å². The summed E-state index contributed by atoms with van der Waals surface area (Å²) in [6, 6.07) is 9.93. The van der Waals surface area contributed by atoms with Gasteiger partial charge in [0.05, 0.1) is 25.4 Å². The third kappa shape index (κ3) is 2.56. The quantitative estimate of drug-likeness (QED) is 0.774. The van der Waals surface area contributed by atoms with Gasteiger partial charge in [0, 0.05) is 5.92 Å². The van der Waals surface area contributed by atoms with Crippen molar-refractivity contribution in [2.75, 3.05) is 6.61 Å². The Labute approximate surface area is 89.3 Å². The summed E-state index contributed by atoms with van der Waals surface area (Å²) in [6.07, 6.45) is -0.494. The third-order valence-corrected chi connectivity index (χ3v) is 2.86. The lowest BCUT2D eigenvalue weighted by Gasteiger charge is -2.37. The number of hydrogen-bond acceptors (Lipinski definition) is 3. The van der Waals surface area contributed by atoms with Gasteiger partial charge >= 0.3 is 0 Å². The Morgan fingerprint density at radius 1 is 1.20 bits per heavy atom. The molecule has 3 atom stereocenters. The highest BCUT2D eigenvalue weighted by atomic mass is 16.5. The van der Waals surface area contributed by atoms with Gasteiger partial charge in [-0.2, -0.15) is 0 Å². The Balaban J connectivity index is 1.68. The Bertz CT molecular complexity index is 299. The van der Waals surface area contributed by atoms with Gasteiger partial charge in [-0.1, -0.05) is 30.3 Å². The summed E-state index contributed by atoms with van der Waals surface area (Å²) in [5.41, 5.74) is 1.13. The summed E-state index contributed by atoms with van der Waals surface area (Å²) < 4.78 is 5.47. The molecule has 0 amide bonds. The first-order valence-electron chi connectivity index (χ1n) is 5.25. The molecular weight excluding hydrogens is 192 g/mol. The molecule has 0 bridgehead atoms. The van der Waals surface area contributed by atoms with E-state index in [9.17, 15) is 5.11 Å². The maximum atomic E-state index is 9.34. The van der Waals surface area contributed by atoms with E-state index < -0.39 is 12.2 Å². The van der Waals surface area contributed by atoms with Gasteiger partial charge in [-0.05, 0) is 12.0 Å². The van der Waals surface area contributed by atoms with Gasteiger partial charge < -0.3 is 14.9 Å². The van der Waals surface area contributed by atoms with E-state index in [-0.39, 0.29) is 5.92 Å². The molecule has 1 unspecified atom stereocenters. The van der Waals surface area contributed by atoms with Crippen LogP contribution in [0.4, 0.5) is 0 Å². The van der Waals surface area contributed by atoms with Gasteiger partial charge in [-0.3, -0.25) is 0 Å². The summed E-state index contributed by atoms with van der Waals surface area (Å²) in [4.78, 5) is 0. The first kappa shape index (κ1) is 10.6. The molecule has 1 aliphatic carbocycles. The smallest absolute Gasteiger partial charge is 0.0850 e. The zero-order chi connectivity index (χ0) is 10.7. The van der Waals surface area contributed by atoms with Crippen molar-refractivity contribution in [1.29, 1.82) is 0 Å². The van der Waals surface area contributed by atoms with E-state index in [1.54, 1.807) is 0 Å². The predicted molar refractivity (Wildman–Crippen MR) is 56.2 cm³/mol. The molecule has 3 heteroatoms. The lowest BCUT2D eigenvalue weighted by atomic mass is 9.80. The second-order valence-electron chi connectivity index (χ2n) is 4.05. The monoisotopic (exact) mass is 208 g/mol. The molecule has 2 N–H and O–H groups in total. The van der Waals surface area contributed by atoms with Crippen molar-refractivity contribution in [2.45, 2.75) is 25.2 Å². The minimum absolute atomic E-state index is 0.101. The van der Waals surface area contributed by atoms with Crippen LogP contribution in [-0.2, 0) is 11.3 Å². The molecule has 3 nitrogen and oxygen atoms in total. The average molecular weight is 208 g/mol. The summed E-state index contributed by atoms with van der Waals surface area (Å²) in [7, 11) is 0. The Morgan fingerprint density at radius 2 is 1.93 bits per heavy atom. The van der Waals surface area contributed by atoms with Crippen molar-refractivity contribution in [3.05, 3.63) is 35.9 Å². The third-order valence-electron chi connectivity index (χ3n) is 2.86. The van der Waals surface area contributed by atoms with Gasteiger partial charge in [-0.25, -0.2) is 0 Å². The fraction of sp³-hybridized carbons (Fsp3) is 0.500. The van der Waals surface area contributed by atoms with Crippen LogP contribution in [0.3, 0.4) is 0 Å². The highest BCUT2D eigenvalue weighted by Crippen LogP contribution is 2.28. The van der Waals surface area contributed by atoms with Crippen LogP contribution < -0.4 is 0 Å². The minimum atomic E-state index is -0.597. The summed E-state index contributed by atoms with van der Waals surface area (Å²) in [5.74, 6) is 0.101. The van der Waals surface area contributed by atoms with Crippen LogP contribution in [0, 0.1) is 5.92 Å². The van der Waals surface area contributed by atoms with Crippen molar-refractivity contribution in [2.24, 2.45) is 5.92 Å². The van der Waals surface area contributed by atoms with Crippen LogP contribution in [-0.4, -0.2) is 29.0 Å². The van der Waals surface area contributed by atoms with E-state index in [4.69, 9.17) is 9.84 Å². The van der Waals surface area contributed by atoms with Gasteiger partial charge in [0.25, 0.3) is 0 Å². The minimum Gasteiger partial charge on any atom is -0.390 e. The SMILES string of the molecule is OC1[C@@H](COCc2ccccc2)C[C@@H]1O. The van der Waals surface area contributed by atoms with Gasteiger partial charge in [0.2, 0.25) is 0 Å². The van der Waals surface area contributed by atoms with Gasteiger partial charge in [0.15, 0.2) is 0 Å². The number of benzene rings is 1. The second-order valence-corrected chi connectivity index (χ2v) is 4.05. The molecule has 1 saturated carbocycles. The standard InChI is InChI=1S/C12H16O3/c13-11-6-10(12(11)14)8-15-7-9-4-2-1-3-5-9/h1-5,10-14H,6-8H2/t10-,11+,12?/m1/s1. The maximum absolute atomic E-state index is 9.34. The van der Waals surface area contributed by atoms with Gasteiger partial charge in [-0.15, -0.1) is 0 Å². The van der Waals surface area contributed by atoms with Gasteiger partial charge in [0.1, 0.15) is 0 Å². The van der Waals surface area contributed by atoms with Crippen molar-refractivity contribution in [3.8, 4) is 0 Å². The molecule has 0 aliphatic heterocycles. The Hall–Kier alpha value is -0.900. The number of aliphatic hydroxyl groups excluding tert-OH is 2. The summed E-state index contributed by atoms with van der Waals surface area (Å²) in [6.45, 7) is 1.09. The molecule has 0 radical (unpaired) electrons. The molecule has 1 fully saturated rings. The molecule has 0 saturated heterocycles. The molecule has 1 aromatic carbocycles. The summed E-state index contributed by atoms with van der Waals surface area (Å²) >= 11 is 0. The number of hydrogen-bond donors (Lipinski definition) is 2. The van der Waals surface area contributed by atoms with E-state index in [0.29, 0.717) is 19.6 Å². The number of rotatable bonds is 4. The van der Waals surface area contributed by atoms with Crippen LogP contribution in [0.5, 0.6) is 0 Å². The van der Waals surface area contributed by atoms with Crippen molar-refractivity contribution < 1.29 is 14.9 Å². The van der Waals surface area contributed by atoms with Crippen LogP contribution >= 0.6 is 0 Å². The van der Waals surface area contributed by atoms with Crippen LogP contribution in [0.1, 0.15) is 12.0 Å². The average Bonchev–Trinajstić information content (AvgIpc) is 2.29. The Kier molecular flexibility index (Phi) is 3.36. The molecular formula is C12H16O3. The molecule has 2 rings (SSSR count). The normalized spacial score (nSPS) is 29.9. The topological polar surface area (TPSA) is 49.7 Å². The van der Waals surface area contributed by atoms with Crippen LogP contribution in [0.15, 0.2) is 30.3 Å². The molecule has 1 aliphatic rings. The largest absolute Gasteiger partial charge is 0.390 e. The lowest BCUT2D eigenvalue weighted by molar-refractivity contribution is -0.126. The number of aliphatic hydroxyl groups is 2. The molecule has 82 valence electrons. The van der Waals surface area contributed by atoms with E-state index >= 15 is 0 Å². The van der Waals surface area contributed by atoms with Crippen molar-refractivity contribution in [1.82, 2.24) is 0 Å². The second kappa shape index (κ2) is 4.75. The zero-order valence-corrected chi connectivity index (χ0v) is 8.54. The van der Waals surface area contributed by atoms with E-state index in [1.165, 1.54) is 0 Å². The first-order chi connectivity index (χ1) is 7.27. The highest BCUT2D eigenvalue weighted by molar-refractivity contribution is 5.13. The molecule has 0 heterocycles. The van der Waals surface area contributed by atoms with E-state index in [0.717, 1.165) is 5.56 Å². The molecule has 0 aromatic heterocycles. The fourth-order valence-electron chi connectivity index (χ4n) is 1.78. The lowest BCUT2D eigenvalue weighted by Crippen LogP contribution is -2.48.